The average Bonchev–Trinajstić information content (AvgIpc) is 2.49. The summed E-state index contributed by atoms with van der Waals surface area (Å²) < 4.78 is 1.25. The van der Waals surface area contributed by atoms with Crippen LogP contribution in [0.1, 0.15) is 24.1 Å². The summed E-state index contributed by atoms with van der Waals surface area (Å²) in [6, 6.07) is 8.68. The van der Waals surface area contributed by atoms with Crippen LogP contribution < -0.4 is 11.2 Å². The van der Waals surface area contributed by atoms with E-state index in [9.17, 15) is 9.59 Å². The van der Waals surface area contributed by atoms with Gasteiger partial charge in [0.05, 0.1) is 16.9 Å². The zero-order valence-corrected chi connectivity index (χ0v) is 11.8. The summed E-state index contributed by atoms with van der Waals surface area (Å²) in [7, 11) is 0. The van der Waals surface area contributed by atoms with Gasteiger partial charge in [-0.25, -0.2) is 4.79 Å². The highest BCUT2D eigenvalue weighted by Gasteiger charge is 2.15. The normalized spacial score (nSPS) is 12.5. The molecule has 3 aromatic rings. The third-order valence-electron chi connectivity index (χ3n) is 3.66. The van der Waals surface area contributed by atoms with Crippen molar-refractivity contribution in [3.8, 4) is 0 Å². The molecule has 21 heavy (non-hydrogen) atoms. The van der Waals surface area contributed by atoms with Gasteiger partial charge in [-0.15, -0.1) is 0 Å². The lowest BCUT2D eigenvalue weighted by atomic mass is 10.1. The van der Waals surface area contributed by atoms with Gasteiger partial charge in [0.15, 0.2) is 0 Å². The zero-order chi connectivity index (χ0) is 15.0. The molecule has 0 aliphatic carbocycles. The highest BCUT2D eigenvalue weighted by molar-refractivity contribution is 5.77. The van der Waals surface area contributed by atoms with E-state index in [-0.39, 0.29) is 11.6 Å². The van der Waals surface area contributed by atoms with E-state index in [1.807, 2.05) is 19.9 Å². The molecule has 3 rings (SSSR count). The summed E-state index contributed by atoms with van der Waals surface area (Å²) in [5.74, 6) is 0. The first-order chi connectivity index (χ1) is 10.1. The Balaban J connectivity index is 2.28. The minimum atomic E-state index is -0.402. The third kappa shape index (κ3) is 2.27. The number of nitrogens with one attached hydrogen (secondary N) is 1. The summed E-state index contributed by atoms with van der Waals surface area (Å²) in [5, 5.41) is 0.524. The first kappa shape index (κ1) is 13.3. The van der Waals surface area contributed by atoms with E-state index >= 15 is 0 Å². The quantitative estimate of drug-likeness (QED) is 0.781. The van der Waals surface area contributed by atoms with Crippen molar-refractivity contribution in [2.75, 3.05) is 0 Å². The van der Waals surface area contributed by atoms with Gasteiger partial charge < -0.3 is 4.98 Å². The summed E-state index contributed by atoms with van der Waals surface area (Å²) >= 11 is 0. The Hall–Kier alpha value is -2.69. The monoisotopic (exact) mass is 281 g/mol. The van der Waals surface area contributed by atoms with E-state index in [2.05, 4.69) is 9.97 Å². The molecule has 0 spiro atoms. The largest absolute Gasteiger partial charge is 0.329 e. The molecular formula is C16H15N3O2. The number of rotatable bonds is 2. The van der Waals surface area contributed by atoms with Crippen LogP contribution in [0.2, 0.25) is 0 Å². The van der Waals surface area contributed by atoms with Gasteiger partial charge in [0.2, 0.25) is 0 Å². The molecule has 1 unspecified atom stereocenters. The topological polar surface area (TPSA) is 67.8 Å². The number of nitrogens with zero attached hydrogens (tertiary/aromatic N) is 2. The van der Waals surface area contributed by atoms with Gasteiger partial charge in [-0.3, -0.25) is 14.3 Å². The maximum atomic E-state index is 12.6. The van der Waals surface area contributed by atoms with Crippen LogP contribution in [-0.4, -0.2) is 14.5 Å². The fourth-order valence-electron chi connectivity index (χ4n) is 2.48. The number of hydrogen-bond donors (Lipinski definition) is 1. The second-order valence-electron chi connectivity index (χ2n) is 5.11. The maximum absolute atomic E-state index is 12.6. The smallest absolute Gasteiger partial charge is 0.307 e. The summed E-state index contributed by atoms with van der Waals surface area (Å²) in [6.07, 6.45) is 3.30. The van der Waals surface area contributed by atoms with E-state index in [1.54, 1.807) is 36.7 Å². The van der Waals surface area contributed by atoms with Crippen molar-refractivity contribution >= 4 is 10.9 Å². The van der Waals surface area contributed by atoms with E-state index in [4.69, 9.17) is 0 Å². The molecule has 2 aromatic heterocycles. The predicted octanol–water partition coefficient (Wildman–Crippen LogP) is 2.00. The molecule has 5 nitrogen and oxygen atoms in total. The Kier molecular flexibility index (Phi) is 3.17. The van der Waals surface area contributed by atoms with Gasteiger partial charge in [0.25, 0.3) is 5.56 Å². The molecule has 0 saturated carbocycles. The van der Waals surface area contributed by atoms with Crippen molar-refractivity contribution in [1.82, 2.24) is 14.5 Å². The molecule has 1 atom stereocenters. The fraction of sp³-hybridized carbons (Fsp3) is 0.188. The van der Waals surface area contributed by atoms with Crippen molar-refractivity contribution in [2.45, 2.75) is 19.9 Å². The second-order valence-corrected chi connectivity index (χ2v) is 5.11. The van der Waals surface area contributed by atoms with E-state index in [0.29, 0.717) is 10.9 Å². The number of fused-ring (bicyclic) bond motifs is 1. The lowest BCUT2D eigenvalue weighted by molar-refractivity contribution is 0.584. The minimum Gasteiger partial charge on any atom is -0.307 e. The van der Waals surface area contributed by atoms with Crippen molar-refractivity contribution in [1.29, 1.82) is 0 Å². The van der Waals surface area contributed by atoms with Crippen molar-refractivity contribution in [2.24, 2.45) is 0 Å². The van der Waals surface area contributed by atoms with Crippen molar-refractivity contribution < 1.29 is 0 Å². The average molecular weight is 281 g/mol. The van der Waals surface area contributed by atoms with Crippen molar-refractivity contribution in [3.63, 3.8) is 0 Å². The summed E-state index contributed by atoms with van der Waals surface area (Å²) in [4.78, 5) is 31.6. The first-order valence-electron chi connectivity index (χ1n) is 6.73. The lowest BCUT2D eigenvalue weighted by Crippen LogP contribution is -2.37. The molecule has 1 N–H and O–H groups in total. The molecule has 0 aliphatic heterocycles. The standard InChI is InChI=1S/C16H15N3O2/c1-10-3-4-14-13(9-10)15(20)19(16(21)18-14)11(2)12-5-7-17-8-6-12/h3-9,11H,1-2H3,(H,18,21). The van der Waals surface area contributed by atoms with Crippen LogP contribution in [0.5, 0.6) is 0 Å². The zero-order valence-electron chi connectivity index (χ0n) is 11.8. The van der Waals surface area contributed by atoms with Gasteiger partial charge in [0.1, 0.15) is 0 Å². The third-order valence-corrected chi connectivity index (χ3v) is 3.66. The number of aromatic nitrogens is 3. The van der Waals surface area contributed by atoms with E-state index in [0.717, 1.165) is 11.1 Å². The Morgan fingerprint density at radius 2 is 1.86 bits per heavy atom. The van der Waals surface area contributed by atoms with Crippen LogP contribution in [0.4, 0.5) is 0 Å². The Labute approximate surface area is 120 Å². The minimum absolute atomic E-state index is 0.276. The van der Waals surface area contributed by atoms with Crippen LogP contribution in [0, 0.1) is 6.92 Å². The van der Waals surface area contributed by atoms with Crippen molar-refractivity contribution in [3.05, 3.63) is 74.7 Å². The van der Waals surface area contributed by atoms with Gasteiger partial charge in [-0.1, -0.05) is 11.6 Å². The number of H-pyrrole nitrogens is 1. The van der Waals surface area contributed by atoms with Crippen LogP contribution in [0.3, 0.4) is 0 Å². The molecule has 5 heteroatoms. The molecule has 106 valence electrons. The highest BCUT2D eigenvalue weighted by atomic mass is 16.2. The number of benzene rings is 1. The molecule has 2 heterocycles. The van der Waals surface area contributed by atoms with Crippen LogP contribution >= 0.6 is 0 Å². The number of aromatic amines is 1. The maximum Gasteiger partial charge on any atom is 0.329 e. The Bertz CT molecular complexity index is 910. The molecule has 1 aromatic carbocycles. The van der Waals surface area contributed by atoms with Crippen LogP contribution in [0.15, 0.2) is 52.3 Å². The van der Waals surface area contributed by atoms with Gasteiger partial charge in [-0.2, -0.15) is 0 Å². The number of hydrogen-bond acceptors (Lipinski definition) is 3. The Morgan fingerprint density at radius 1 is 1.14 bits per heavy atom. The molecule has 0 aliphatic rings. The SMILES string of the molecule is Cc1ccc2[nH]c(=O)n(C(C)c3ccncc3)c(=O)c2c1. The molecule has 0 radical (unpaired) electrons. The van der Waals surface area contributed by atoms with Gasteiger partial charge >= 0.3 is 5.69 Å². The lowest BCUT2D eigenvalue weighted by Gasteiger charge is -2.15. The van der Waals surface area contributed by atoms with Crippen LogP contribution in [0.25, 0.3) is 10.9 Å². The number of aryl methyl sites for hydroxylation is 1. The van der Waals surface area contributed by atoms with Gasteiger partial charge in [0, 0.05) is 12.4 Å². The molecule has 0 bridgehead atoms. The van der Waals surface area contributed by atoms with Gasteiger partial charge in [-0.05, 0) is 43.7 Å². The predicted molar refractivity (Wildman–Crippen MR) is 81.6 cm³/mol. The van der Waals surface area contributed by atoms with Crippen LogP contribution in [-0.2, 0) is 0 Å². The summed E-state index contributed by atoms with van der Waals surface area (Å²) in [5.41, 5.74) is 1.73. The highest BCUT2D eigenvalue weighted by Crippen LogP contribution is 2.14. The second kappa shape index (κ2) is 5.01. The Morgan fingerprint density at radius 3 is 2.57 bits per heavy atom. The number of pyridine rings is 1. The molecule has 0 fully saturated rings. The molecular weight excluding hydrogens is 266 g/mol. The van der Waals surface area contributed by atoms with E-state index < -0.39 is 5.69 Å². The molecule has 0 amide bonds. The first-order valence-corrected chi connectivity index (χ1v) is 6.73. The summed E-state index contributed by atoms with van der Waals surface area (Å²) in [6.45, 7) is 3.74. The molecule has 0 saturated heterocycles. The fourth-order valence-corrected chi connectivity index (χ4v) is 2.48. The van der Waals surface area contributed by atoms with E-state index in [1.165, 1.54) is 4.57 Å².